The maximum Gasteiger partial charge on any atom is 0.341 e. The van der Waals surface area contributed by atoms with Gasteiger partial charge in [-0.1, -0.05) is 72.8 Å². The van der Waals surface area contributed by atoms with Crippen LogP contribution in [0.2, 0.25) is 0 Å². The number of rotatable bonds is 7. The third kappa shape index (κ3) is 4.18. The zero-order valence-electron chi connectivity index (χ0n) is 20.0. The van der Waals surface area contributed by atoms with Gasteiger partial charge in [0.15, 0.2) is 12.4 Å². The average molecular weight is 481 g/mol. The Morgan fingerprint density at radius 2 is 1.69 bits per heavy atom. The fourth-order valence-corrected chi connectivity index (χ4v) is 5.51. The molecule has 1 N–H and O–H groups in total. The molecule has 0 radical (unpaired) electrons. The molecule has 0 amide bonds. The van der Waals surface area contributed by atoms with Crippen molar-refractivity contribution in [2.75, 3.05) is 13.2 Å². The van der Waals surface area contributed by atoms with Crippen LogP contribution in [0.1, 0.15) is 48.4 Å². The third-order valence-corrected chi connectivity index (χ3v) is 7.26. The second kappa shape index (κ2) is 9.63. The Morgan fingerprint density at radius 3 is 2.39 bits per heavy atom. The number of carbonyl (C=O) groups is 1. The molecule has 6 rings (SSSR count). The fourth-order valence-electron chi connectivity index (χ4n) is 5.51. The van der Waals surface area contributed by atoms with Crippen molar-refractivity contribution in [3.8, 4) is 28.3 Å². The molecule has 36 heavy (non-hydrogen) atoms. The van der Waals surface area contributed by atoms with Gasteiger partial charge in [-0.2, -0.15) is 0 Å². The van der Waals surface area contributed by atoms with Crippen molar-refractivity contribution in [2.24, 2.45) is 0 Å². The Balaban J connectivity index is 1.33. The molecule has 2 unspecified atom stereocenters. The van der Waals surface area contributed by atoms with E-state index in [1.165, 1.54) is 5.56 Å². The maximum absolute atomic E-state index is 11.1. The Kier molecular flexibility index (Phi) is 6.03. The summed E-state index contributed by atoms with van der Waals surface area (Å²) >= 11 is 0. The molecule has 1 saturated heterocycles. The lowest BCUT2D eigenvalue weighted by atomic mass is 9.83. The zero-order valence-corrected chi connectivity index (χ0v) is 20.0. The Hall–Kier alpha value is -3.90. The third-order valence-electron chi connectivity index (χ3n) is 7.26. The maximum atomic E-state index is 11.1. The van der Waals surface area contributed by atoms with Gasteiger partial charge < -0.3 is 14.3 Å². The number of likely N-dealkylation sites (tertiary alicyclic amines) is 1. The molecule has 4 aromatic rings. The number of aromatic nitrogens is 1. The Morgan fingerprint density at radius 1 is 0.944 bits per heavy atom. The number of carboxylic acid groups (broad SMARTS) is 1. The molecular formula is C30H28N2O4. The molecule has 1 fully saturated rings. The number of oxazole rings is 1. The summed E-state index contributed by atoms with van der Waals surface area (Å²) in [5.41, 5.74) is 5.29. The summed E-state index contributed by atoms with van der Waals surface area (Å²) in [6, 6.07) is 26.7. The molecule has 3 aromatic carbocycles. The van der Waals surface area contributed by atoms with E-state index in [1.54, 1.807) is 0 Å². The molecule has 182 valence electrons. The molecule has 0 saturated carbocycles. The minimum Gasteiger partial charge on any atom is -0.482 e. The predicted octanol–water partition coefficient (Wildman–Crippen LogP) is 6.30. The van der Waals surface area contributed by atoms with Gasteiger partial charge in [0.25, 0.3) is 0 Å². The van der Waals surface area contributed by atoms with Gasteiger partial charge in [-0.3, -0.25) is 4.90 Å². The normalized spacial score (nSPS) is 19.3. The zero-order chi connectivity index (χ0) is 24.5. The van der Waals surface area contributed by atoms with E-state index in [4.69, 9.17) is 19.2 Å². The second-order valence-corrected chi connectivity index (χ2v) is 9.42. The summed E-state index contributed by atoms with van der Waals surface area (Å²) in [7, 11) is 0. The molecule has 2 atom stereocenters. The van der Waals surface area contributed by atoms with Crippen molar-refractivity contribution in [1.82, 2.24) is 9.88 Å². The van der Waals surface area contributed by atoms with Crippen LogP contribution in [0.25, 0.3) is 22.6 Å². The first-order valence-corrected chi connectivity index (χ1v) is 12.5. The van der Waals surface area contributed by atoms with Crippen molar-refractivity contribution < 1.29 is 19.1 Å². The van der Waals surface area contributed by atoms with Crippen molar-refractivity contribution in [2.45, 2.75) is 37.8 Å². The van der Waals surface area contributed by atoms with Crippen LogP contribution in [-0.2, 0) is 11.2 Å². The van der Waals surface area contributed by atoms with Crippen LogP contribution < -0.4 is 4.74 Å². The lowest BCUT2D eigenvalue weighted by molar-refractivity contribution is -0.139. The highest BCUT2D eigenvalue weighted by Gasteiger charge is 2.41. The van der Waals surface area contributed by atoms with E-state index in [0.29, 0.717) is 5.75 Å². The molecule has 0 bridgehead atoms. The van der Waals surface area contributed by atoms with E-state index < -0.39 is 5.97 Å². The van der Waals surface area contributed by atoms with Gasteiger partial charge in [0.1, 0.15) is 11.4 Å². The van der Waals surface area contributed by atoms with E-state index in [9.17, 15) is 4.79 Å². The number of aliphatic carboxylic acids is 1. The quantitative estimate of drug-likeness (QED) is 0.335. The van der Waals surface area contributed by atoms with Crippen molar-refractivity contribution >= 4 is 5.97 Å². The Bertz CT molecular complexity index is 1310. The topological polar surface area (TPSA) is 75.8 Å². The molecule has 6 nitrogen and oxygen atoms in total. The average Bonchev–Trinajstić information content (AvgIpc) is 3.32. The fraction of sp³-hybridized carbons (Fsp3) is 0.267. The van der Waals surface area contributed by atoms with E-state index in [1.807, 2.05) is 48.5 Å². The van der Waals surface area contributed by atoms with Gasteiger partial charge in [-0.15, -0.1) is 0 Å². The number of benzene rings is 3. The number of hydrogen-bond donors (Lipinski definition) is 1. The van der Waals surface area contributed by atoms with Crippen LogP contribution in [0.5, 0.6) is 5.75 Å². The van der Waals surface area contributed by atoms with Crippen LogP contribution in [0.15, 0.2) is 83.3 Å². The molecule has 1 aliphatic heterocycles. The van der Waals surface area contributed by atoms with Crippen LogP contribution in [0, 0.1) is 0 Å². The second-order valence-electron chi connectivity index (χ2n) is 9.42. The van der Waals surface area contributed by atoms with E-state index >= 15 is 0 Å². The van der Waals surface area contributed by atoms with Crippen molar-refractivity contribution in [3.05, 3.63) is 95.9 Å². The summed E-state index contributed by atoms with van der Waals surface area (Å²) in [6.07, 6.45) is 3.97. The van der Waals surface area contributed by atoms with Crippen molar-refractivity contribution in [1.29, 1.82) is 0 Å². The smallest absolute Gasteiger partial charge is 0.341 e. The summed E-state index contributed by atoms with van der Waals surface area (Å²) in [5, 5.41) is 9.07. The molecule has 2 heterocycles. The highest BCUT2D eigenvalue weighted by molar-refractivity contribution is 5.76. The number of nitrogens with zero attached hydrogens (tertiary/aromatic N) is 2. The van der Waals surface area contributed by atoms with Gasteiger partial charge in [0, 0.05) is 23.7 Å². The van der Waals surface area contributed by atoms with Gasteiger partial charge in [-0.25, -0.2) is 9.78 Å². The first-order valence-electron chi connectivity index (χ1n) is 12.5. The van der Waals surface area contributed by atoms with E-state index in [0.717, 1.165) is 66.3 Å². The van der Waals surface area contributed by atoms with Gasteiger partial charge in [-0.05, 0) is 42.9 Å². The van der Waals surface area contributed by atoms with Gasteiger partial charge in [0.2, 0.25) is 5.89 Å². The minimum atomic E-state index is -0.963. The van der Waals surface area contributed by atoms with Crippen molar-refractivity contribution in [3.63, 3.8) is 0 Å². The summed E-state index contributed by atoms with van der Waals surface area (Å²) < 4.78 is 12.1. The molecule has 1 aliphatic carbocycles. The molecule has 2 aliphatic rings. The highest BCUT2D eigenvalue weighted by atomic mass is 16.5. The summed E-state index contributed by atoms with van der Waals surface area (Å²) in [6.45, 7) is 0.646. The summed E-state index contributed by atoms with van der Waals surface area (Å²) in [4.78, 5) is 18.6. The summed E-state index contributed by atoms with van der Waals surface area (Å²) in [5.74, 6) is 1.28. The van der Waals surface area contributed by atoms with Gasteiger partial charge in [0.05, 0.1) is 6.04 Å². The van der Waals surface area contributed by atoms with Crippen LogP contribution in [-0.4, -0.2) is 34.1 Å². The minimum absolute atomic E-state index is 0.101. The number of hydrogen-bond acceptors (Lipinski definition) is 5. The number of carboxylic acids is 1. The SMILES string of the molecule is O=C(O)COc1cccc2c1CCCC2N1CCC1c1nc(-c2ccccc2)c(-c2ccccc2)o1. The first-order chi connectivity index (χ1) is 17.7. The van der Waals surface area contributed by atoms with Gasteiger partial charge >= 0.3 is 5.97 Å². The number of ether oxygens (including phenoxy) is 1. The lowest BCUT2D eigenvalue weighted by Crippen LogP contribution is -2.44. The van der Waals surface area contributed by atoms with E-state index in [-0.39, 0.29) is 18.7 Å². The Labute approximate surface area is 210 Å². The monoisotopic (exact) mass is 480 g/mol. The molecular weight excluding hydrogens is 452 g/mol. The molecule has 1 aromatic heterocycles. The molecule has 0 spiro atoms. The van der Waals surface area contributed by atoms with E-state index in [2.05, 4.69) is 35.2 Å². The predicted molar refractivity (Wildman–Crippen MR) is 137 cm³/mol. The largest absolute Gasteiger partial charge is 0.482 e. The highest BCUT2D eigenvalue weighted by Crippen LogP contribution is 2.47. The lowest BCUT2D eigenvalue weighted by Gasteiger charge is -2.46. The standard InChI is InChI=1S/C30H28N2O4/c33-27(34)19-35-26-16-8-13-22-23(26)14-7-15-24(22)32-18-17-25(32)30-31-28(20-9-3-1-4-10-20)29(36-30)21-11-5-2-6-12-21/h1-6,8-13,16,24-25H,7,14-15,17-19H2,(H,33,34). The van der Waals surface area contributed by atoms with Crippen LogP contribution in [0.3, 0.4) is 0 Å². The van der Waals surface area contributed by atoms with Crippen LogP contribution in [0.4, 0.5) is 0 Å². The van der Waals surface area contributed by atoms with Crippen LogP contribution >= 0.6 is 0 Å². The molecule has 6 heteroatoms. The first kappa shape index (κ1) is 22.6. The number of fused-ring (bicyclic) bond motifs is 1.